The van der Waals surface area contributed by atoms with Gasteiger partial charge in [-0.15, -0.1) is 0 Å². The molecule has 1 N–H and O–H groups in total. The summed E-state index contributed by atoms with van der Waals surface area (Å²) < 4.78 is 0. The van der Waals surface area contributed by atoms with Crippen molar-refractivity contribution in [3.63, 3.8) is 0 Å². The van der Waals surface area contributed by atoms with E-state index in [0.717, 1.165) is 31.7 Å². The van der Waals surface area contributed by atoms with E-state index in [0.29, 0.717) is 0 Å². The lowest BCUT2D eigenvalue weighted by Gasteiger charge is -2.30. The molecule has 1 aliphatic carbocycles. The largest absolute Gasteiger partial charge is 0.393 e. The van der Waals surface area contributed by atoms with E-state index in [-0.39, 0.29) is 6.10 Å². The second-order valence-electron chi connectivity index (χ2n) is 4.76. The summed E-state index contributed by atoms with van der Waals surface area (Å²) in [7, 11) is 2.21. The summed E-state index contributed by atoms with van der Waals surface area (Å²) in [4.78, 5) is 2.42. The number of hydrogen-bond donors (Lipinski definition) is 1. The Morgan fingerprint density at radius 2 is 2.14 bits per heavy atom. The first-order chi connectivity index (χ1) is 6.72. The predicted molar refractivity (Wildman–Crippen MR) is 60.4 cm³/mol. The van der Waals surface area contributed by atoms with Crippen molar-refractivity contribution in [2.45, 2.75) is 51.6 Å². The first kappa shape index (κ1) is 12.0. The summed E-state index contributed by atoms with van der Waals surface area (Å²) in [6.07, 6.45) is 7.22. The van der Waals surface area contributed by atoms with Gasteiger partial charge in [-0.25, -0.2) is 0 Å². The zero-order chi connectivity index (χ0) is 10.4. The van der Waals surface area contributed by atoms with Gasteiger partial charge in [-0.05, 0) is 51.6 Å². The molecule has 1 aliphatic rings. The van der Waals surface area contributed by atoms with E-state index in [1.54, 1.807) is 0 Å². The zero-order valence-corrected chi connectivity index (χ0v) is 9.71. The second kappa shape index (κ2) is 6.41. The van der Waals surface area contributed by atoms with Crippen LogP contribution in [0.15, 0.2) is 0 Å². The normalized spacial score (nSPS) is 19.7. The average molecular weight is 199 g/mol. The standard InChI is InChI=1S/C12H25NO/c1-3-12(14)8-5-9-13(2)10-11-6-4-7-11/h11-12,14H,3-10H2,1-2H3. The van der Waals surface area contributed by atoms with E-state index >= 15 is 0 Å². The Balaban J connectivity index is 1.94. The summed E-state index contributed by atoms with van der Waals surface area (Å²) in [6.45, 7) is 4.46. The van der Waals surface area contributed by atoms with Crippen LogP contribution in [0.2, 0.25) is 0 Å². The Hall–Kier alpha value is -0.0800. The van der Waals surface area contributed by atoms with Gasteiger partial charge in [0.05, 0.1) is 6.10 Å². The topological polar surface area (TPSA) is 23.5 Å². The zero-order valence-electron chi connectivity index (χ0n) is 9.71. The first-order valence-electron chi connectivity index (χ1n) is 6.09. The van der Waals surface area contributed by atoms with Gasteiger partial charge in [0.1, 0.15) is 0 Å². The smallest absolute Gasteiger partial charge is 0.0538 e. The van der Waals surface area contributed by atoms with Crippen LogP contribution in [0.3, 0.4) is 0 Å². The number of aliphatic hydroxyl groups excluding tert-OH is 1. The molecule has 1 fully saturated rings. The second-order valence-corrected chi connectivity index (χ2v) is 4.76. The molecule has 1 saturated carbocycles. The predicted octanol–water partition coefficient (Wildman–Crippen LogP) is 2.27. The molecule has 1 rings (SSSR count). The fraction of sp³-hybridized carbons (Fsp3) is 1.00. The minimum absolute atomic E-state index is 0.0768. The SMILES string of the molecule is CCC(O)CCCN(C)CC1CCC1. The van der Waals surface area contributed by atoms with Crippen LogP contribution in [-0.4, -0.2) is 36.2 Å². The molecule has 0 bridgehead atoms. The molecule has 0 aromatic carbocycles. The maximum atomic E-state index is 9.39. The van der Waals surface area contributed by atoms with Gasteiger partial charge in [-0.1, -0.05) is 13.3 Å². The van der Waals surface area contributed by atoms with Crippen LogP contribution in [0.1, 0.15) is 45.4 Å². The van der Waals surface area contributed by atoms with E-state index < -0.39 is 0 Å². The summed E-state index contributed by atoms with van der Waals surface area (Å²) >= 11 is 0. The van der Waals surface area contributed by atoms with Crippen LogP contribution >= 0.6 is 0 Å². The van der Waals surface area contributed by atoms with Gasteiger partial charge in [-0.3, -0.25) is 0 Å². The van der Waals surface area contributed by atoms with Crippen LogP contribution in [0, 0.1) is 5.92 Å². The summed E-state index contributed by atoms with van der Waals surface area (Å²) in [6, 6.07) is 0. The Morgan fingerprint density at radius 1 is 1.43 bits per heavy atom. The molecule has 0 amide bonds. The third kappa shape index (κ3) is 4.43. The lowest BCUT2D eigenvalue weighted by Crippen LogP contribution is -2.30. The van der Waals surface area contributed by atoms with E-state index in [4.69, 9.17) is 0 Å². The summed E-state index contributed by atoms with van der Waals surface area (Å²) in [5.74, 6) is 0.969. The van der Waals surface area contributed by atoms with Crippen molar-refractivity contribution in [2.75, 3.05) is 20.1 Å². The average Bonchev–Trinajstić information content (AvgIpc) is 2.11. The Morgan fingerprint density at radius 3 is 2.64 bits per heavy atom. The van der Waals surface area contributed by atoms with Gasteiger partial charge in [-0.2, -0.15) is 0 Å². The molecule has 0 saturated heterocycles. The number of rotatable bonds is 7. The van der Waals surface area contributed by atoms with Crippen LogP contribution in [0.5, 0.6) is 0 Å². The molecule has 1 unspecified atom stereocenters. The summed E-state index contributed by atoms with van der Waals surface area (Å²) in [5.41, 5.74) is 0. The lowest BCUT2D eigenvalue weighted by atomic mass is 9.85. The maximum absolute atomic E-state index is 9.39. The van der Waals surface area contributed by atoms with Crippen molar-refractivity contribution in [2.24, 2.45) is 5.92 Å². The fourth-order valence-electron chi connectivity index (χ4n) is 2.01. The first-order valence-corrected chi connectivity index (χ1v) is 6.09. The Bertz CT molecular complexity index is 145. The molecular formula is C12H25NO. The third-order valence-electron chi connectivity index (χ3n) is 3.34. The van der Waals surface area contributed by atoms with Crippen LogP contribution in [-0.2, 0) is 0 Å². The number of hydrogen-bond acceptors (Lipinski definition) is 2. The van der Waals surface area contributed by atoms with Crippen molar-refractivity contribution >= 4 is 0 Å². The monoisotopic (exact) mass is 199 g/mol. The van der Waals surface area contributed by atoms with Crippen LogP contribution in [0.4, 0.5) is 0 Å². The fourth-order valence-corrected chi connectivity index (χ4v) is 2.01. The van der Waals surface area contributed by atoms with Crippen molar-refractivity contribution in [1.29, 1.82) is 0 Å². The van der Waals surface area contributed by atoms with Gasteiger partial charge in [0.15, 0.2) is 0 Å². The molecule has 0 spiro atoms. The van der Waals surface area contributed by atoms with E-state index in [1.165, 1.54) is 25.8 Å². The van der Waals surface area contributed by atoms with E-state index in [1.807, 2.05) is 6.92 Å². The van der Waals surface area contributed by atoms with Gasteiger partial charge < -0.3 is 10.0 Å². The molecule has 0 aliphatic heterocycles. The highest BCUT2D eigenvalue weighted by Crippen LogP contribution is 2.26. The van der Waals surface area contributed by atoms with Gasteiger partial charge in [0, 0.05) is 6.54 Å². The van der Waals surface area contributed by atoms with Gasteiger partial charge >= 0.3 is 0 Å². The van der Waals surface area contributed by atoms with Gasteiger partial charge in [0.25, 0.3) is 0 Å². The molecule has 0 radical (unpaired) electrons. The van der Waals surface area contributed by atoms with Crippen molar-refractivity contribution in [1.82, 2.24) is 4.90 Å². The van der Waals surface area contributed by atoms with Crippen LogP contribution < -0.4 is 0 Å². The molecule has 1 atom stereocenters. The molecule has 14 heavy (non-hydrogen) atoms. The van der Waals surface area contributed by atoms with Crippen molar-refractivity contribution in [3.05, 3.63) is 0 Å². The highest BCUT2D eigenvalue weighted by Gasteiger charge is 2.18. The maximum Gasteiger partial charge on any atom is 0.0538 e. The van der Waals surface area contributed by atoms with Crippen molar-refractivity contribution < 1.29 is 5.11 Å². The Kier molecular flexibility index (Phi) is 5.49. The van der Waals surface area contributed by atoms with E-state index in [2.05, 4.69) is 11.9 Å². The highest BCUT2D eigenvalue weighted by molar-refractivity contribution is 4.72. The van der Waals surface area contributed by atoms with Crippen molar-refractivity contribution in [3.8, 4) is 0 Å². The number of aliphatic hydroxyl groups is 1. The molecule has 0 aromatic heterocycles. The van der Waals surface area contributed by atoms with E-state index in [9.17, 15) is 5.11 Å². The lowest BCUT2D eigenvalue weighted by molar-refractivity contribution is 0.146. The molecule has 2 nitrogen and oxygen atoms in total. The van der Waals surface area contributed by atoms with Gasteiger partial charge in [0.2, 0.25) is 0 Å². The summed E-state index contributed by atoms with van der Waals surface area (Å²) in [5, 5.41) is 9.39. The highest BCUT2D eigenvalue weighted by atomic mass is 16.3. The Labute approximate surface area is 88.3 Å². The minimum atomic E-state index is -0.0768. The van der Waals surface area contributed by atoms with Crippen LogP contribution in [0.25, 0.3) is 0 Å². The minimum Gasteiger partial charge on any atom is -0.393 e. The molecule has 0 heterocycles. The molecule has 0 aromatic rings. The molecule has 2 heteroatoms. The molecule has 84 valence electrons. The number of nitrogens with zero attached hydrogens (tertiary/aromatic N) is 1. The third-order valence-corrected chi connectivity index (χ3v) is 3.34. The quantitative estimate of drug-likeness (QED) is 0.680. The molecular weight excluding hydrogens is 174 g/mol.